The highest BCUT2D eigenvalue weighted by Gasteiger charge is 2.11. The third-order valence-corrected chi connectivity index (χ3v) is 5.68. The molecule has 0 saturated heterocycles. The van der Waals surface area contributed by atoms with E-state index < -0.39 is 0 Å². The molecule has 0 amide bonds. The summed E-state index contributed by atoms with van der Waals surface area (Å²) in [6.07, 6.45) is 0. The van der Waals surface area contributed by atoms with Crippen molar-refractivity contribution in [2.75, 3.05) is 11.1 Å². The number of benzene rings is 2. The molecule has 0 spiro atoms. The molecule has 0 bridgehead atoms. The maximum Gasteiger partial charge on any atom is 0.0579 e. The van der Waals surface area contributed by atoms with Crippen LogP contribution in [0.5, 0.6) is 0 Å². The third kappa shape index (κ3) is 3.25. The molecule has 1 heterocycles. The summed E-state index contributed by atoms with van der Waals surface area (Å²) in [6.45, 7) is 4.43. The van der Waals surface area contributed by atoms with E-state index in [9.17, 15) is 0 Å². The smallest absolute Gasteiger partial charge is 0.0579 e. The van der Waals surface area contributed by atoms with Gasteiger partial charge in [0.2, 0.25) is 0 Å². The Hall–Kier alpha value is -1.45. The van der Waals surface area contributed by atoms with Crippen molar-refractivity contribution in [1.82, 2.24) is 0 Å². The number of rotatable bonds is 5. The van der Waals surface area contributed by atoms with Crippen molar-refractivity contribution in [2.45, 2.75) is 24.8 Å². The fourth-order valence-electron chi connectivity index (χ4n) is 2.39. The van der Waals surface area contributed by atoms with Gasteiger partial charge < -0.3 is 5.32 Å². The van der Waals surface area contributed by atoms with Crippen molar-refractivity contribution < 1.29 is 0 Å². The minimum atomic E-state index is 0.320. The summed E-state index contributed by atoms with van der Waals surface area (Å²) in [5.41, 5.74) is 1.23. The standard InChI is InChI=1S/C18H19NS2/c1-3-20-17-11-7-5-9-15(17)19-13(2)18-12-14-8-4-6-10-16(14)21-18/h4-13,19H,3H2,1-2H3. The van der Waals surface area contributed by atoms with Gasteiger partial charge in [-0.25, -0.2) is 0 Å². The fraction of sp³-hybridized carbons (Fsp3) is 0.222. The summed E-state index contributed by atoms with van der Waals surface area (Å²) >= 11 is 3.76. The third-order valence-electron chi connectivity index (χ3n) is 3.43. The van der Waals surface area contributed by atoms with Crippen LogP contribution in [-0.4, -0.2) is 5.75 Å². The zero-order valence-electron chi connectivity index (χ0n) is 12.3. The van der Waals surface area contributed by atoms with E-state index in [4.69, 9.17) is 0 Å². The number of para-hydroxylation sites is 1. The molecule has 1 atom stereocenters. The predicted molar refractivity (Wildman–Crippen MR) is 96.7 cm³/mol. The van der Waals surface area contributed by atoms with E-state index in [2.05, 4.69) is 73.8 Å². The van der Waals surface area contributed by atoms with Gasteiger partial charge in [0.15, 0.2) is 0 Å². The van der Waals surface area contributed by atoms with Crippen LogP contribution >= 0.6 is 23.1 Å². The monoisotopic (exact) mass is 313 g/mol. The van der Waals surface area contributed by atoms with Gasteiger partial charge in [-0.3, -0.25) is 0 Å². The van der Waals surface area contributed by atoms with E-state index in [1.807, 2.05) is 23.1 Å². The van der Waals surface area contributed by atoms with Gasteiger partial charge in [-0.05, 0) is 42.3 Å². The van der Waals surface area contributed by atoms with Crippen LogP contribution in [0.25, 0.3) is 10.1 Å². The molecule has 3 rings (SSSR count). The second kappa shape index (κ2) is 6.54. The zero-order valence-corrected chi connectivity index (χ0v) is 13.9. The summed E-state index contributed by atoms with van der Waals surface area (Å²) in [6, 6.07) is 19.8. The van der Waals surface area contributed by atoms with E-state index in [0.717, 1.165) is 5.75 Å². The Morgan fingerprint density at radius 3 is 2.67 bits per heavy atom. The molecule has 3 aromatic rings. The number of fused-ring (bicyclic) bond motifs is 1. The van der Waals surface area contributed by atoms with Crippen LogP contribution in [0.3, 0.4) is 0 Å². The van der Waals surface area contributed by atoms with Crippen LogP contribution < -0.4 is 5.32 Å². The van der Waals surface area contributed by atoms with Crippen LogP contribution in [0, 0.1) is 0 Å². The lowest BCUT2D eigenvalue weighted by Crippen LogP contribution is -2.05. The number of thiophene rings is 1. The maximum atomic E-state index is 3.66. The highest BCUT2D eigenvalue weighted by atomic mass is 32.2. The molecule has 0 fully saturated rings. The molecule has 0 radical (unpaired) electrons. The van der Waals surface area contributed by atoms with Crippen LogP contribution in [0.2, 0.25) is 0 Å². The van der Waals surface area contributed by atoms with Crippen molar-refractivity contribution in [3.05, 3.63) is 59.5 Å². The number of hydrogen-bond donors (Lipinski definition) is 1. The topological polar surface area (TPSA) is 12.0 Å². The summed E-state index contributed by atoms with van der Waals surface area (Å²) < 4.78 is 1.36. The Balaban J connectivity index is 1.84. The first-order valence-corrected chi connectivity index (χ1v) is 9.05. The van der Waals surface area contributed by atoms with E-state index in [1.165, 1.54) is 25.5 Å². The van der Waals surface area contributed by atoms with Crippen LogP contribution in [0.4, 0.5) is 5.69 Å². The van der Waals surface area contributed by atoms with Crippen LogP contribution in [-0.2, 0) is 0 Å². The first-order valence-electron chi connectivity index (χ1n) is 7.24. The van der Waals surface area contributed by atoms with Gasteiger partial charge in [0.1, 0.15) is 0 Å². The van der Waals surface area contributed by atoms with Crippen molar-refractivity contribution in [3.63, 3.8) is 0 Å². The predicted octanol–water partition coefficient (Wildman–Crippen LogP) is 6.19. The van der Waals surface area contributed by atoms with E-state index in [1.54, 1.807) is 0 Å². The van der Waals surface area contributed by atoms with Crippen molar-refractivity contribution in [2.24, 2.45) is 0 Å². The average molecular weight is 313 g/mol. The van der Waals surface area contributed by atoms with E-state index >= 15 is 0 Å². The second-order valence-corrected chi connectivity index (χ2v) is 7.40. The van der Waals surface area contributed by atoms with Gasteiger partial charge in [0.05, 0.1) is 6.04 Å². The molecule has 0 aliphatic rings. The highest BCUT2D eigenvalue weighted by molar-refractivity contribution is 7.99. The molecule has 21 heavy (non-hydrogen) atoms. The quantitative estimate of drug-likeness (QED) is 0.564. The molecule has 1 nitrogen and oxygen atoms in total. The SMILES string of the molecule is CCSc1ccccc1NC(C)c1cc2ccccc2s1. The lowest BCUT2D eigenvalue weighted by atomic mass is 10.2. The highest BCUT2D eigenvalue weighted by Crippen LogP contribution is 2.34. The van der Waals surface area contributed by atoms with Gasteiger partial charge in [-0.2, -0.15) is 0 Å². The Morgan fingerprint density at radius 1 is 1.10 bits per heavy atom. The Kier molecular flexibility index (Phi) is 4.51. The van der Waals surface area contributed by atoms with Gasteiger partial charge in [-0.15, -0.1) is 23.1 Å². The molecule has 1 unspecified atom stereocenters. The molecule has 0 saturated carbocycles. The summed E-state index contributed by atoms with van der Waals surface area (Å²) in [4.78, 5) is 2.71. The summed E-state index contributed by atoms with van der Waals surface area (Å²) in [5, 5.41) is 5.00. The van der Waals surface area contributed by atoms with E-state index in [-0.39, 0.29) is 0 Å². The maximum absolute atomic E-state index is 3.66. The van der Waals surface area contributed by atoms with Gasteiger partial charge in [0, 0.05) is 20.2 Å². The molecular formula is C18H19NS2. The number of anilines is 1. The second-order valence-electron chi connectivity index (χ2n) is 4.98. The molecule has 3 heteroatoms. The van der Waals surface area contributed by atoms with Gasteiger partial charge in [-0.1, -0.05) is 37.3 Å². The summed E-state index contributed by atoms with van der Waals surface area (Å²) in [7, 11) is 0. The lowest BCUT2D eigenvalue weighted by molar-refractivity contribution is 0.903. The van der Waals surface area contributed by atoms with Crippen molar-refractivity contribution >= 4 is 38.9 Å². The molecule has 0 aliphatic carbocycles. The Bertz CT molecular complexity index is 700. The number of nitrogens with one attached hydrogen (secondary N) is 1. The average Bonchev–Trinajstić information content (AvgIpc) is 2.93. The minimum absolute atomic E-state index is 0.320. The fourth-order valence-corrected chi connectivity index (χ4v) is 4.22. The molecule has 1 N–H and O–H groups in total. The molecule has 1 aromatic heterocycles. The van der Waals surface area contributed by atoms with Gasteiger partial charge in [0.25, 0.3) is 0 Å². The first kappa shape index (κ1) is 14.5. The minimum Gasteiger partial charge on any atom is -0.377 e. The molecular weight excluding hydrogens is 294 g/mol. The first-order chi connectivity index (χ1) is 10.3. The van der Waals surface area contributed by atoms with Gasteiger partial charge >= 0.3 is 0 Å². The lowest BCUT2D eigenvalue weighted by Gasteiger charge is -2.16. The van der Waals surface area contributed by atoms with E-state index in [0.29, 0.717) is 6.04 Å². The van der Waals surface area contributed by atoms with Crippen molar-refractivity contribution in [1.29, 1.82) is 0 Å². The molecule has 108 valence electrons. The Morgan fingerprint density at radius 2 is 1.86 bits per heavy atom. The zero-order chi connectivity index (χ0) is 14.7. The molecule has 2 aromatic carbocycles. The summed E-state index contributed by atoms with van der Waals surface area (Å²) in [5.74, 6) is 1.09. The van der Waals surface area contributed by atoms with Crippen molar-refractivity contribution in [3.8, 4) is 0 Å². The van der Waals surface area contributed by atoms with Crippen LogP contribution in [0.1, 0.15) is 24.8 Å². The largest absolute Gasteiger partial charge is 0.377 e. The molecule has 0 aliphatic heterocycles. The Labute approximate surface area is 134 Å². The normalized spacial score (nSPS) is 12.5. The van der Waals surface area contributed by atoms with Crippen LogP contribution in [0.15, 0.2) is 59.5 Å². The number of hydrogen-bond acceptors (Lipinski definition) is 3. The number of thioether (sulfide) groups is 1.